The Labute approximate surface area is 110 Å². The van der Waals surface area contributed by atoms with Crippen molar-refractivity contribution in [2.45, 2.75) is 27.3 Å². The molecule has 0 aliphatic carbocycles. The van der Waals surface area contributed by atoms with E-state index in [-0.39, 0.29) is 0 Å². The van der Waals surface area contributed by atoms with Crippen molar-refractivity contribution in [3.63, 3.8) is 0 Å². The topological polar surface area (TPSA) is 24.1 Å². The maximum absolute atomic E-state index is 6.22. The zero-order chi connectivity index (χ0) is 12.7. The number of benzene rings is 1. The van der Waals surface area contributed by atoms with E-state index in [1.54, 1.807) is 0 Å². The van der Waals surface area contributed by atoms with Crippen LogP contribution >= 0.6 is 11.6 Å². The summed E-state index contributed by atoms with van der Waals surface area (Å²) in [4.78, 5) is 0. The van der Waals surface area contributed by atoms with Gasteiger partial charge < -0.3 is 10.6 Å². The fraction of sp³-hybridized carbons (Fsp3) is 0.571. The lowest BCUT2D eigenvalue weighted by Crippen LogP contribution is -2.29. The molecule has 0 bridgehead atoms. The summed E-state index contributed by atoms with van der Waals surface area (Å²) in [6.45, 7) is 10.4. The molecule has 0 unspecified atom stereocenters. The normalized spacial score (nSPS) is 11.1. The minimum absolute atomic E-state index is 0.709. The molecule has 0 spiro atoms. The molecule has 0 aromatic heterocycles. The highest BCUT2D eigenvalue weighted by Crippen LogP contribution is 2.19. The SMILES string of the molecule is Cc1cccc(CNCCNCC(C)C)c1Cl. The van der Waals surface area contributed by atoms with Gasteiger partial charge in [0.1, 0.15) is 0 Å². The second kappa shape index (κ2) is 7.70. The zero-order valence-corrected chi connectivity index (χ0v) is 11.8. The summed E-state index contributed by atoms with van der Waals surface area (Å²) >= 11 is 6.22. The van der Waals surface area contributed by atoms with Crippen LogP contribution in [0.2, 0.25) is 5.02 Å². The quantitative estimate of drug-likeness (QED) is 0.731. The van der Waals surface area contributed by atoms with E-state index in [4.69, 9.17) is 11.6 Å². The van der Waals surface area contributed by atoms with Crippen molar-refractivity contribution in [3.8, 4) is 0 Å². The van der Waals surface area contributed by atoms with E-state index >= 15 is 0 Å². The van der Waals surface area contributed by atoms with Gasteiger partial charge >= 0.3 is 0 Å². The van der Waals surface area contributed by atoms with Gasteiger partial charge in [-0.15, -0.1) is 0 Å². The number of halogens is 1. The lowest BCUT2D eigenvalue weighted by molar-refractivity contribution is 0.535. The van der Waals surface area contributed by atoms with Gasteiger partial charge in [0.15, 0.2) is 0 Å². The second-order valence-electron chi connectivity index (χ2n) is 4.82. The van der Waals surface area contributed by atoms with Crippen LogP contribution in [0, 0.1) is 12.8 Å². The van der Waals surface area contributed by atoms with Crippen LogP contribution in [0.1, 0.15) is 25.0 Å². The molecule has 2 N–H and O–H groups in total. The third kappa shape index (κ3) is 5.53. The highest BCUT2D eigenvalue weighted by molar-refractivity contribution is 6.32. The van der Waals surface area contributed by atoms with Crippen molar-refractivity contribution in [2.24, 2.45) is 5.92 Å². The molecule has 3 heteroatoms. The smallest absolute Gasteiger partial charge is 0.0480 e. The summed E-state index contributed by atoms with van der Waals surface area (Å²) in [5.41, 5.74) is 2.32. The molecule has 0 heterocycles. The first-order valence-corrected chi connectivity index (χ1v) is 6.64. The van der Waals surface area contributed by atoms with Gasteiger partial charge in [0, 0.05) is 24.7 Å². The van der Waals surface area contributed by atoms with E-state index in [1.165, 1.54) is 5.56 Å². The second-order valence-corrected chi connectivity index (χ2v) is 5.20. The molecule has 0 aliphatic heterocycles. The first kappa shape index (κ1) is 14.5. The van der Waals surface area contributed by atoms with Crippen LogP contribution in [-0.2, 0) is 6.54 Å². The Morgan fingerprint density at radius 2 is 1.88 bits per heavy atom. The minimum atomic E-state index is 0.709. The van der Waals surface area contributed by atoms with E-state index < -0.39 is 0 Å². The first-order chi connectivity index (χ1) is 8.11. The van der Waals surface area contributed by atoms with Gasteiger partial charge in [-0.05, 0) is 30.5 Å². The largest absolute Gasteiger partial charge is 0.315 e. The van der Waals surface area contributed by atoms with Crippen molar-refractivity contribution in [1.29, 1.82) is 0 Å². The summed E-state index contributed by atoms with van der Waals surface area (Å²) in [5, 5.41) is 7.68. The van der Waals surface area contributed by atoms with E-state index in [0.717, 1.165) is 36.8 Å². The monoisotopic (exact) mass is 254 g/mol. The maximum atomic E-state index is 6.22. The third-order valence-electron chi connectivity index (χ3n) is 2.62. The Morgan fingerprint density at radius 1 is 1.18 bits per heavy atom. The summed E-state index contributed by atoms with van der Waals surface area (Å²) in [5.74, 6) is 0.709. The van der Waals surface area contributed by atoms with Gasteiger partial charge in [-0.3, -0.25) is 0 Å². The zero-order valence-electron chi connectivity index (χ0n) is 11.0. The molecule has 1 aromatic carbocycles. The summed E-state index contributed by atoms with van der Waals surface area (Å²) in [6.07, 6.45) is 0. The fourth-order valence-electron chi connectivity index (χ4n) is 1.64. The average molecular weight is 255 g/mol. The number of hydrogen-bond donors (Lipinski definition) is 2. The molecule has 0 saturated carbocycles. The summed E-state index contributed by atoms with van der Waals surface area (Å²) < 4.78 is 0. The number of rotatable bonds is 7. The Bertz CT molecular complexity index is 337. The van der Waals surface area contributed by atoms with Gasteiger partial charge in [0.25, 0.3) is 0 Å². The standard InChI is InChI=1S/C14H23ClN2/c1-11(2)9-16-7-8-17-10-13-6-4-5-12(3)14(13)15/h4-6,11,16-17H,7-10H2,1-3H3. The van der Waals surface area contributed by atoms with Crippen LogP contribution in [0.25, 0.3) is 0 Å². The molecule has 17 heavy (non-hydrogen) atoms. The van der Waals surface area contributed by atoms with Crippen LogP contribution in [0.4, 0.5) is 0 Å². The van der Waals surface area contributed by atoms with Crippen LogP contribution < -0.4 is 10.6 Å². The molecule has 0 amide bonds. The van der Waals surface area contributed by atoms with Gasteiger partial charge in [-0.1, -0.05) is 43.6 Å². The van der Waals surface area contributed by atoms with E-state index in [0.29, 0.717) is 5.92 Å². The molecule has 96 valence electrons. The van der Waals surface area contributed by atoms with Crippen molar-refractivity contribution in [3.05, 3.63) is 34.3 Å². The van der Waals surface area contributed by atoms with Crippen LogP contribution in [0.15, 0.2) is 18.2 Å². The lowest BCUT2D eigenvalue weighted by Gasteiger charge is -2.10. The number of aryl methyl sites for hydroxylation is 1. The van der Waals surface area contributed by atoms with Crippen LogP contribution in [-0.4, -0.2) is 19.6 Å². The van der Waals surface area contributed by atoms with E-state index in [2.05, 4.69) is 36.6 Å². The van der Waals surface area contributed by atoms with Crippen LogP contribution in [0.3, 0.4) is 0 Å². The Kier molecular flexibility index (Phi) is 6.56. The van der Waals surface area contributed by atoms with Gasteiger partial charge in [0.2, 0.25) is 0 Å². The predicted molar refractivity (Wildman–Crippen MR) is 75.6 cm³/mol. The Hall–Kier alpha value is -0.570. The molecule has 0 fully saturated rings. The molecule has 2 nitrogen and oxygen atoms in total. The summed E-state index contributed by atoms with van der Waals surface area (Å²) in [6, 6.07) is 6.16. The van der Waals surface area contributed by atoms with Crippen molar-refractivity contribution in [2.75, 3.05) is 19.6 Å². The van der Waals surface area contributed by atoms with Crippen LogP contribution in [0.5, 0.6) is 0 Å². The van der Waals surface area contributed by atoms with E-state index in [9.17, 15) is 0 Å². The average Bonchev–Trinajstić information content (AvgIpc) is 2.28. The highest BCUT2D eigenvalue weighted by Gasteiger charge is 2.01. The highest BCUT2D eigenvalue weighted by atomic mass is 35.5. The van der Waals surface area contributed by atoms with Crippen molar-refractivity contribution >= 4 is 11.6 Å². The first-order valence-electron chi connectivity index (χ1n) is 6.26. The molecule has 0 aliphatic rings. The molecule has 1 aromatic rings. The van der Waals surface area contributed by atoms with Gasteiger partial charge in [-0.25, -0.2) is 0 Å². The maximum Gasteiger partial charge on any atom is 0.0480 e. The third-order valence-corrected chi connectivity index (χ3v) is 3.16. The molecule has 0 atom stereocenters. The fourth-order valence-corrected chi connectivity index (χ4v) is 1.83. The molecular weight excluding hydrogens is 232 g/mol. The van der Waals surface area contributed by atoms with Gasteiger partial charge in [-0.2, -0.15) is 0 Å². The molecule has 1 rings (SSSR count). The predicted octanol–water partition coefficient (Wildman–Crippen LogP) is 2.98. The molecule has 0 radical (unpaired) electrons. The molecule has 0 saturated heterocycles. The van der Waals surface area contributed by atoms with Gasteiger partial charge in [0.05, 0.1) is 0 Å². The van der Waals surface area contributed by atoms with Crippen molar-refractivity contribution in [1.82, 2.24) is 10.6 Å². The van der Waals surface area contributed by atoms with Crippen molar-refractivity contribution < 1.29 is 0 Å². The number of nitrogens with one attached hydrogen (secondary N) is 2. The Morgan fingerprint density at radius 3 is 2.59 bits per heavy atom. The number of hydrogen-bond acceptors (Lipinski definition) is 2. The Balaban J connectivity index is 2.20. The lowest BCUT2D eigenvalue weighted by atomic mass is 10.1. The summed E-state index contributed by atoms with van der Waals surface area (Å²) in [7, 11) is 0. The van der Waals surface area contributed by atoms with E-state index in [1.807, 2.05) is 13.0 Å². The molecular formula is C14H23ClN2. The minimum Gasteiger partial charge on any atom is -0.315 e.